The van der Waals surface area contributed by atoms with Crippen LogP contribution in [0.5, 0.6) is 0 Å². The Morgan fingerprint density at radius 2 is 1.19 bits per heavy atom. The van der Waals surface area contributed by atoms with E-state index in [2.05, 4.69) is 24.1 Å². The largest absolute Gasteiger partial charge is 0.297 e. The van der Waals surface area contributed by atoms with Crippen LogP contribution in [0.25, 0.3) is 44.5 Å². The number of hydrogen-bond donors (Lipinski definition) is 0. The van der Waals surface area contributed by atoms with Crippen molar-refractivity contribution >= 4 is 117 Å². The van der Waals surface area contributed by atoms with Crippen LogP contribution in [0.2, 0.25) is 6.32 Å². The molecule has 20 radical (unpaired) electrons. The van der Waals surface area contributed by atoms with Gasteiger partial charge in [-0.3, -0.25) is 4.57 Å². The fourth-order valence-corrected chi connectivity index (χ4v) is 8.40. The Morgan fingerprint density at radius 3 is 1.78 bits per heavy atom. The monoisotopic (exact) mass is 714 g/mol. The number of aromatic nitrogens is 2. The molecule has 12 heteroatoms. The molecule has 0 bridgehead atoms. The lowest BCUT2D eigenvalue weighted by Gasteiger charge is -2.39. The summed E-state index contributed by atoms with van der Waals surface area (Å²) >= 11 is 0. The molecule has 1 unspecified atom stereocenters. The van der Waals surface area contributed by atoms with E-state index in [0.717, 1.165) is 22.3 Å². The van der Waals surface area contributed by atoms with E-state index in [0.29, 0.717) is 50.1 Å². The first-order valence-electron chi connectivity index (χ1n) is 18.5. The average molecular weight is 713 g/mol. The molecule has 6 aromatic carbocycles. The van der Waals surface area contributed by atoms with Crippen molar-refractivity contribution in [1.29, 1.82) is 0 Å². The van der Waals surface area contributed by atoms with E-state index >= 15 is 0 Å². The van der Waals surface area contributed by atoms with Crippen molar-refractivity contribution in [2.45, 2.75) is 16.8 Å². The van der Waals surface area contributed by atoms with Gasteiger partial charge in [-0.2, -0.15) is 0 Å². The molecular weight excluding hydrogens is 689 g/mol. The van der Waals surface area contributed by atoms with E-state index in [1.54, 1.807) is 0 Å². The maximum Gasteiger partial charge on any atom is 0.125 e. The molecule has 0 amide bonds. The van der Waals surface area contributed by atoms with Crippen molar-refractivity contribution in [3.63, 3.8) is 0 Å². The van der Waals surface area contributed by atoms with E-state index in [1.165, 1.54) is 0 Å². The van der Waals surface area contributed by atoms with Crippen LogP contribution >= 0.6 is 0 Å². The summed E-state index contributed by atoms with van der Waals surface area (Å²) in [5.41, 5.74) is 8.03. The number of imidazole rings is 1. The smallest absolute Gasteiger partial charge is 0.125 e. The molecule has 1 aliphatic rings. The molecule has 0 fully saturated rings. The van der Waals surface area contributed by atoms with Gasteiger partial charge in [-0.15, -0.1) is 17.3 Å². The predicted octanol–water partition coefficient (Wildman–Crippen LogP) is 3.02. The van der Waals surface area contributed by atoms with Crippen LogP contribution in [-0.4, -0.2) is 88.0 Å². The molecule has 0 N–H and O–H groups in total. The van der Waals surface area contributed by atoms with E-state index < -0.39 is 10.5 Å². The Labute approximate surface area is 353 Å². The minimum absolute atomic E-state index is 0.0325. The maximum absolute atomic E-state index is 7.24. The van der Waals surface area contributed by atoms with Crippen molar-refractivity contribution in [3.05, 3.63) is 172 Å². The number of benzene rings is 6. The van der Waals surface area contributed by atoms with E-state index in [9.17, 15) is 0 Å². The molecule has 58 heavy (non-hydrogen) atoms. The molecule has 1 atom stereocenters. The summed E-state index contributed by atoms with van der Waals surface area (Å²) < 4.78 is 1.81. The standard InChI is InChI=1S/C46H24B10N2/c1-2-31(48)39(49)37-35(29-22-27(25-13-5-3-6-14-25)21-28(23-29)26-15-7-4-8-16-26)36-38(41(51)43(53)42(52)40(36)50)45(37,24-47)30-17-9-11-19-33(30)58-34-20-12-10-18-32(34)57-44(58)46(54,55)56/h1,3-23H,24H2/b39-31-. The van der Waals surface area contributed by atoms with E-state index in [-0.39, 0.29) is 44.9 Å². The molecule has 0 spiro atoms. The first kappa shape index (κ1) is 39.3. The van der Waals surface area contributed by atoms with Crippen LogP contribution in [0.4, 0.5) is 0 Å². The average Bonchev–Trinajstić information content (AvgIpc) is 3.80. The summed E-state index contributed by atoms with van der Waals surface area (Å²) in [5, 5.41) is -1.87. The summed E-state index contributed by atoms with van der Waals surface area (Å²) in [6.45, 7) is 0. The van der Waals surface area contributed by atoms with Crippen molar-refractivity contribution in [3.8, 4) is 40.3 Å². The number of nitrogens with zero attached hydrogens (tertiary/aromatic N) is 2. The lowest BCUT2D eigenvalue weighted by atomic mass is 9.42. The molecule has 0 saturated carbocycles. The fraction of sp³-hybridized carbons (Fsp3) is 0.0652. The topological polar surface area (TPSA) is 17.8 Å². The summed E-state index contributed by atoms with van der Waals surface area (Å²) in [6, 6.07) is 41.3. The first-order chi connectivity index (χ1) is 27.8. The Bertz CT molecular complexity index is 2830. The van der Waals surface area contributed by atoms with Gasteiger partial charge >= 0.3 is 0 Å². The van der Waals surface area contributed by atoms with Crippen molar-refractivity contribution in [1.82, 2.24) is 9.55 Å². The molecule has 1 aliphatic carbocycles. The van der Waals surface area contributed by atoms with Gasteiger partial charge in [-0.1, -0.05) is 130 Å². The van der Waals surface area contributed by atoms with Gasteiger partial charge in [0.2, 0.25) is 0 Å². The lowest BCUT2D eigenvalue weighted by Crippen LogP contribution is -2.52. The van der Waals surface area contributed by atoms with Crippen molar-refractivity contribution in [2.24, 2.45) is 0 Å². The Balaban J connectivity index is 1.60. The van der Waals surface area contributed by atoms with Gasteiger partial charge < -0.3 is 0 Å². The maximum atomic E-state index is 7.24. The highest BCUT2D eigenvalue weighted by Crippen LogP contribution is 2.57. The molecule has 248 valence electrons. The van der Waals surface area contributed by atoms with Gasteiger partial charge in [0.1, 0.15) is 47.1 Å². The summed E-state index contributed by atoms with van der Waals surface area (Å²) in [6.07, 6.45) is 5.90. The second-order valence-corrected chi connectivity index (χ2v) is 14.5. The summed E-state index contributed by atoms with van der Waals surface area (Å²) in [4.78, 5) is 4.80. The lowest BCUT2D eigenvalue weighted by molar-refractivity contribution is 0.699. The SMILES string of the molecule is [B]CC1(c2ccccc2-n2c(C([B])([B])[B])nc3ccccc32)C(/C([B])=C(/[B])C#C)=C(c2cc(-c3ccccc3)cc(-c3ccccc3)c2)c2c([B])c([B])c([B])c([B])c21. The van der Waals surface area contributed by atoms with Crippen LogP contribution in [0, 0.1) is 12.3 Å². The minimum atomic E-state index is -1.87. The van der Waals surface area contributed by atoms with Gasteiger partial charge in [0.25, 0.3) is 0 Å². The first-order valence-corrected chi connectivity index (χ1v) is 18.5. The molecular formula is C46H24B10N2. The Morgan fingerprint density at radius 1 is 0.655 bits per heavy atom. The van der Waals surface area contributed by atoms with Crippen LogP contribution in [0.15, 0.2) is 144 Å². The second kappa shape index (κ2) is 15.0. The van der Waals surface area contributed by atoms with Gasteiger partial charge in [0.05, 0.1) is 53.9 Å². The van der Waals surface area contributed by atoms with Crippen LogP contribution in [-0.2, 0) is 10.5 Å². The highest BCUT2D eigenvalue weighted by atomic mass is 15.1. The molecule has 1 heterocycles. The third-order valence-electron chi connectivity index (χ3n) is 11.0. The third kappa shape index (κ3) is 6.17. The number of allylic oxidation sites excluding steroid dienone is 3. The normalized spacial score (nSPS) is 15.6. The second-order valence-electron chi connectivity index (χ2n) is 14.5. The van der Waals surface area contributed by atoms with Crippen molar-refractivity contribution < 1.29 is 0 Å². The zero-order chi connectivity index (χ0) is 41.1. The van der Waals surface area contributed by atoms with Gasteiger partial charge in [-0.05, 0) is 92.1 Å². The number of hydrogen-bond acceptors (Lipinski definition) is 1. The highest BCUT2D eigenvalue weighted by Gasteiger charge is 2.49. The number of fused-ring (bicyclic) bond motifs is 2. The van der Waals surface area contributed by atoms with E-state index in [4.69, 9.17) is 89.9 Å². The molecule has 2 nitrogen and oxygen atoms in total. The van der Waals surface area contributed by atoms with Crippen molar-refractivity contribution in [2.75, 3.05) is 0 Å². The van der Waals surface area contributed by atoms with Gasteiger partial charge in [-0.25, -0.2) is 4.98 Å². The Hall–Kier alpha value is -5.52. The van der Waals surface area contributed by atoms with Gasteiger partial charge in [0.15, 0.2) is 0 Å². The van der Waals surface area contributed by atoms with Crippen LogP contribution in [0.3, 0.4) is 0 Å². The van der Waals surface area contributed by atoms with Crippen LogP contribution in [0.1, 0.15) is 28.1 Å². The highest BCUT2D eigenvalue weighted by molar-refractivity contribution is 6.64. The number of terminal acetylenes is 1. The predicted molar refractivity (Wildman–Crippen MR) is 250 cm³/mol. The van der Waals surface area contributed by atoms with E-state index in [1.807, 2.05) is 114 Å². The zero-order valence-corrected chi connectivity index (χ0v) is 31.6. The summed E-state index contributed by atoms with van der Waals surface area (Å²) in [5.74, 6) is 2.73. The molecule has 0 aliphatic heterocycles. The molecule has 7 aromatic rings. The molecule has 8 rings (SSSR count). The number of para-hydroxylation sites is 3. The quantitative estimate of drug-likeness (QED) is 0.175. The van der Waals surface area contributed by atoms with Gasteiger partial charge in [0, 0.05) is 5.41 Å². The third-order valence-corrected chi connectivity index (χ3v) is 11.0. The number of rotatable bonds is 8. The summed E-state index contributed by atoms with van der Waals surface area (Å²) in [7, 11) is 68.1. The molecule has 1 aromatic heterocycles. The molecule has 0 saturated heterocycles. The van der Waals surface area contributed by atoms with Crippen LogP contribution < -0.4 is 21.9 Å². The minimum Gasteiger partial charge on any atom is -0.297 e. The fourth-order valence-electron chi connectivity index (χ4n) is 8.40. The zero-order valence-electron chi connectivity index (χ0n) is 31.6. The Kier molecular flexibility index (Phi) is 10.2.